The molecule has 0 atom stereocenters. The van der Waals surface area contributed by atoms with E-state index in [4.69, 9.17) is 9.47 Å². The Bertz CT molecular complexity index is 433. The molecule has 1 aromatic carbocycles. The van der Waals surface area contributed by atoms with Gasteiger partial charge in [0.15, 0.2) is 0 Å². The molecular weight excluding hydrogens is 250 g/mol. The first-order valence-corrected chi connectivity index (χ1v) is 7.51. The molecular formula is C17H27NO2. The van der Waals surface area contributed by atoms with Crippen LogP contribution in [0.4, 0.5) is 0 Å². The van der Waals surface area contributed by atoms with E-state index < -0.39 is 0 Å². The van der Waals surface area contributed by atoms with Crippen molar-refractivity contribution in [2.75, 3.05) is 13.7 Å². The fourth-order valence-corrected chi connectivity index (χ4v) is 1.95. The van der Waals surface area contributed by atoms with Gasteiger partial charge >= 0.3 is 0 Å². The second-order valence-corrected chi connectivity index (χ2v) is 6.79. The van der Waals surface area contributed by atoms with Gasteiger partial charge in [-0.15, -0.1) is 0 Å². The van der Waals surface area contributed by atoms with Gasteiger partial charge in [0.2, 0.25) is 0 Å². The molecule has 0 unspecified atom stereocenters. The van der Waals surface area contributed by atoms with Crippen molar-refractivity contribution in [3.63, 3.8) is 0 Å². The maximum absolute atomic E-state index is 5.99. The van der Waals surface area contributed by atoms with E-state index >= 15 is 0 Å². The van der Waals surface area contributed by atoms with Gasteiger partial charge in [-0.25, -0.2) is 0 Å². The highest BCUT2D eigenvalue weighted by Gasteiger charge is 2.20. The first-order chi connectivity index (χ1) is 9.48. The summed E-state index contributed by atoms with van der Waals surface area (Å²) >= 11 is 0. The molecule has 2 rings (SSSR count). The Labute approximate surface area is 122 Å². The zero-order valence-corrected chi connectivity index (χ0v) is 13.2. The minimum atomic E-state index is 0.297. The molecule has 1 fully saturated rings. The fourth-order valence-electron chi connectivity index (χ4n) is 1.95. The molecule has 3 nitrogen and oxygen atoms in total. The minimum Gasteiger partial charge on any atom is -0.497 e. The van der Waals surface area contributed by atoms with E-state index in [2.05, 4.69) is 32.2 Å². The highest BCUT2D eigenvalue weighted by atomic mass is 16.5. The molecule has 0 spiro atoms. The molecule has 112 valence electrons. The molecule has 3 heteroatoms. The van der Waals surface area contributed by atoms with Crippen LogP contribution in [-0.2, 0) is 6.54 Å². The predicted octanol–water partition coefficient (Wildman–Crippen LogP) is 3.76. The maximum Gasteiger partial charge on any atom is 0.127 e. The molecule has 20 heavy (non-hydrogen) atoms. The van der Waals surface area contributed by atoms with Crippen molar-refractivity contribution < 1.29 is 9.47 Å². The van der Waals surface area contributed by atoms with Gasteiger partial charge in [-0.05, 0) is 30.7 Å². The summed E-state index contributed by atoms with van der Waals surface area (Å²) in [6, 6.07) is 6.80. The first kappa shape index (κ1) is 15.2. The summed E-state index contributed by atoms with van der Waals surface area (Å²) in [5.74, 6) is 1.80. The van der Waals surface area contributed by atoms with Gasteiger partial charge in [-0.2, -0.15) is 0 Å². The van der Waals surface area contributed by atoms with Crippen molar-refractivity contribution in [3.05, 3.63) is 23.8 Å². The number of methoxy groups -OCH3 is 1. The Morgan fingerprint density at radius 1 is 1.25 bits per heavy atom. The first-order valence-electron chi connectivity index (χ1n) is 7.51. The Morgan fingerprint density at radius 2 is 2.00 bits per heavy atom. The Balaban J connectivity index is 1.97. The van der Waals surface area contributed by atoms with E-state index in [1.54, 1.807) is 7.11 Å². The van der Waals surface area contributed by atoms with Gasteiger partial charge in [0.1, 0.15) is 11.5 Å². The van der Waals surface area contributed by atoms with Crippen molar-refractivity contribution in [3.8, 4) is 11.5 Å². The molecule has 0 aromatic heterocycles. The lowest BCUT2D eigenvalue weighted by molar-refractivity contribution is 0.240. The Morgan fingerprint density at radius 3 is 2.60 bits per heavy atom. The average Bonchev–Trinajstić information content (AvgIpc) is 3.19. The second kappa shape index (κ2) is 6.49. The van der Waals surface area contributed by atoms with Crippen LogP contribution in [0, 0.1) is 5.41 Å². The predicted molar refractivity (Wildman–Crippen MR) is 82.4 cm³/mol. The van der Waals surface area contributed by atoms with E-state index in [1.807, 2.05) is 12.1 Å². The third kappa shape index (κ3) is 5.04. The third-order valence-corrected chi connectivity index (χ3v) is 3.54. The molecule has 1 saturated carbocycles. The average molecular weight is 277 g/mol. The zero-order chi connectivity index (χ0) is 14.6. The topological polar surface area (TPSA) is 30.5 Å². The lowest BCUT2D eigenvalue weighted by Crippen LogP contribution is -2.17. The van der Waals surface area contributed by atoms with Crippen LogP contribution in [0.5, 0.6) is 11.5 Å². The lowest BCUT2D eigenvalue weighted by atomic mass is 9.93. The standard InChI is InChI=1S/C17H27NO2/c1-17(2,3)9-10-20-16-11-15(19-4)8-5-13(16)12-18-14-6-7-14/h5,8,11,14,18H,6-7,9-10,12H2,1-4H3. The van der Waals surface area contributed by atoms with Crippen LogP contribution >= 0.6 is 0 Å². The van der Waals surface area contributed by atoms with Crippen molar-refractivity contribution in [1.29, 1.82) is 0 Å². The Kier molecular flexibility index (Phi) is 4.92. The number of ether oxygens (including phenoxy) is 2. The van der Waals surface area contributed by atoms with Crippen molar-refractivity contribution in [1.82, 2.24) is 5.32 Å². The number of nitrogens with one attached hydrogen (secondary N) is 1. The molecule has 0 aliphatic heterocycles. The summed E-state index contributed by atoms with van der Waals surface area (Å²) in [6.07, 6.45) is 3.65. The smallest absolute Gasteiger partial charge is 0.127 e. The number of rotatable bonds is 7. The molecule has 0 bridgehead atoms. The summed E-state index contributed by atoms with van der Waals surface area (Å²) in [5.41, 5.74) is 1.51. The van der Waals surface area contributed by atoms with Gasteiger partial charge in [0.25, 0.3) is 0 Å². The van der Waals surface area contributed by atoms with Crippen LogP contribution < -0.4 is 14.8 Å². The summed E-state index contributed by atoms with van der Waals surface area (Å²) in [7, 11) is 1.69. The lowest BCUT2D eigenvalue weighted by Gasteiger charge is -2.19. The summed E-state index contributed by atoms with van der Waals surface area (Å²) in [4.78, 5) is 0. The fraction of sp³-hybridized carbons (Fsp3) is 0.647. The van der Waals surface area contributed by atoms with Gasteiger partial charge in [0.05, 0.1) is 13.7 Å². The second-order valence-electron chi connectivity index (χ2n) is 6.79. The molecule has 1 N–H and O–H groups in total. The van der Waals surface area contributed by atoms with Crippen LogP contribution in [0.2, 0.25) is 0 Å². The SMILES string of the molecule is COc1ccc(CNC2CC2)c(OCCC(C)(C)C)c1. The number of hydrogen-bond acceptors (Lipinski definition) is 3. The van der Waals surface area contributed by atoms with Crippen molar-refractivity contribution in [2.24, 2.45) is 5.41 Å². The van der Waals surface area contributed by atoms with Gasteiger partial charge in [-0.1, -0.05) is 26.8 Å². The van der Waals surface area contributed by atoms with E-state index in [0.717, 1.165) is 31.1 Å². The molecule has 0 radical (unpaired) electrons. The van der Waals surface area contributed by atoms with Crippen molar-refractivity contribution in [2.45, 2.75) is 52.6 Å². The number of hydrogen-bond donors (Lipinski definition) is 1. The molecule has 0 heterocycles. The van der Waals surface area contributed by atoms with Crippen molar-refractivity contribution >= 4 is 0 Å². The maximum atomic E-state index is 5.99. The molecule has 0 amide bonds. The molecule has 0 saturated heterocycles. The van der Waals surface area contributed by atoms with E-state index in [-0.39, 0.29) is 0 Å². The van der Waals surface area contributed by atoms with Crippen LogP contribution in [0.25, 0.3) is 0 Å². The van der Waals surface area contributed by atoms with E-state index in [0.29, 0.717) is 11.5 Å². The largest absolute Gasteiger partial charge is 0.497 e. The van der Waals surface area contributed by atoms with Crippen LogP contribution in [0.3, 0.4) is 0 Å². The highest BCUT2D eigenvalue weighted by Crippen LogP contribution is 2.28. The molecule has 1 aliphatic rings. The van der Waals surface area contributed by atoms with E-state index in [9.17, 15) is 0 Å². The van der Waals surface area contributed by atoms with E-state index in [1.165, 1.54) is 18.4 Å². The van der Waals surface area contributed by atoms with Gasteiger partial charge in [-0.3, -0.25) is 0 Å². The quantitative estimate of drug-likeness (QED) is 0.823. The summed E-state index contributed by atoms with van der Waals surface area (Å²) in [6.45, 7) is 8.32. The van der Waals surface area contributed by atoms with Gasteiger partial charge in [0, 0.05) is 24.2 Å². The Hall–Kier alpha value is -1.22. The van der Waals surface area contributed by atoms with Crippen LogP contribution in [0.1, 0.15) is 45.6 Å². The summed E-state index contributed by atoms with van der Waals surface area (Å²) < 4.78 is 11.3. The monoisotopic (exact) mass is 277 g/mol. The molecule has 1 aliphatic carbocycles. The van der Waals surface area contributed by atoms with Crippen LogP contribution in [0.15, 0.2) is 18.2 Å². The zero-order valence-electron chi connectivity index (χ0n) is 13.2. The normalized spacial score (nSPS) is 15.2. The van der Waals surface area contributed by atoms with Gasteiger partial charge < -0.3 is 14.8 Å². The highest BCUT2D eigenvalue weighted by molar-refractivity contribution is 5.40. The number of benzene rings is 1. The minimum absolute atomic E-state index is 0.297. The summed E-state index contributed by atoms with van der Waals surface area (Å²) in [5, 5.41) is 3.54. The van der Waals surface area contributed by atoms with Crippen LogP contribution in [-0.4, -0.2) is 19.8 Å². The third-order valence-electron chi connectivity index (χ3n) is 3.54. The molecule has 1 aromatic rings.